The minimum Gasteiger partial charge on any atom is -0.492 e. The summed E-state index contributed by atoms with van der Waals surface area (Å²) in [6.07, 6.45) is 9.33. The molecule has 0 unspecified atom stereocenters. The molecule has 3 rings (SSSR count). The second-order valence-corrected chi connectivity index (χ2v) is 7.18. The minimum absolute atomic E-state index is 0.134. The van der Waals surface area contributed by atoms with Crippen LogP contribution in [-0.2, 0) is 4.79 Å². The number of para-hydroxylation sites is 1. The van der Waals surface area contributed by atoms with Gasteiger partial charge < -0.3 is 10.1 Å². The van der Waals surface area contributed by atoms with Gasteiger partial charge >= 0.3 is 0 Å². The number of nitrogens with one attached hydrogen (secondary N) is 1. The summed E-state index contributed by atoms with van der Waals surface area (Å²) in [6, 6.07) is 10.4. The predicted molar refractivity (Wildman–Crippen MR) is 96.1 cm³/mol. The molecule has 0 bridgehead atoms. The van der Waals surface area contributed by atoms with Gasteiger partial charge in [0, 0.05) is 12.6 Å². The first-order chi connectivity index (χ1) is 11.8. The number of benzene rings is 1. The van der Waals surface area contributed by atoms with Gasteiger partial charge in [-0.05, 0) is 43.7 Å². The number of rotatable bonds is 9. The van der Waals surface area contributed by atoms with Crippen molar-refractivity contribution in [2.24, 2.45) is 5.92 Å². The van der Waals surface area contributed by atoms with Crippen LogP contribution in [0.4, 0.5) is 0 Å². The maximum atomic E-state index is 12.2. The first-order valence-electron chi connectivity index (χ1n) is 9.50. The van der Waals surface area contributed by atoms with Crippen molar-refractivity contribution in [1.29, 1.82) is 0 Å². The van der Waals surface area contributed by atoms with Gasteiger partial charge in [0.1, 0.15) is 12.4 Å². The highest BCUT2D eigenvalue weighted by atomic mass is 16.5. The maximum absolute atomic E-state index is 12.2. The molecule has 0 spiro atoms. The van der Waals surface area contributed by atoms with Crippen LogP contribution < -0.4 is 10.1 Å². The van der Waals surface area contributed by atoms with Crippen LogP contribution in [0.5, 0.6) is 5.75 Å². The van der Waals surface area contributed by atoms with Crippen LogP contribution in [0.2, 0.25) is 0 Å². The SMILES string of the molecule is O=C(CN(CC1CCCCC1)C1CC1)NCCOc1ccccc1. The van der Waals surface area contributed by atoms with E-state index in [9.17, 15) is 4.79 Å². The molecule has 0 aliphatic heterocycles. The Kier molecular flexibility index (Phi) is 6.53. The van der Waals surface area contributed by atoms with Gasteiger partial charge in [-0.15, -0.1) is 0 Å². The van der Waals surface area contributed by atoms with E-state index in [0.717, 1.165) is 18.2 Å². The zero-order valence-corrected chi connectivity index (χ0v) is 14.6. The average Bonchev–Trinajstić information content (AvgIpc) is 3.45. The predicted octanol–water partition coefficient (Wildman–Crippen LogP) is 3.23. The van der Waals surface area contributed by atoms with E-state index in [0.29, 0.717) is 25.7 Å². The molecule has 2 aliphatic rings. The molecule has 1 N–H and O–H groups in total. The van der Waals surface area contributed by atoms with Gasteiger partial charge in [0.25, 0.3) is 0 Å². The van der Waals surface area contributed by atoms with E-state index in [1.807, 2.05) is 30.3 Å². The largest absolute Gasteiger partial charge is 0.492 e. The fraction of sp³-hybridized carbons (Fsp3) is 0.650. The Morgan fingerprint density at radius 1 is 1.08 bits per heavy atom. The number of carbonyl (C=O) groups is 1. The van der Waals surface area contributed by atoms with Crippen molar-refractivity contribution < 1.29 is 9.53 Å². The molecule has 1 amide bonds. The molecular formula is C20H30N2O2. The molecule has 4 nitrogen and oxygen atoms in total. The van der Waals surface area contributed by atoms with E-state index in [1.54, 1.807) is 0 Å². The van der Waals surface area contributed by atoms with Crippen molar-refractivity contribution in [3.05, 3.63) is 30.3 Å². The van der Waals surface area contributed by atoms with E-state index in [-0.39, 0.29) is 5.91 Å². The van der Waals surface area contributed by atoms with Crippen LogP contribution in [0.25, 0.3) is 0 Å². The summed E-state index contributed by atoms with van der Waals surface area (Å²) in [5.41, 5.74) is 0. The Labute approximate surface area is 145 Å². The van der Waals surface area contributed by atoms with Gasteiger partial charge in [0.15, 0.2) is 0 Å². The summed E-state index contributed by atoms with van der Waals surface area (Å²) in [4.78, 5) is 14.7. The summed E-state index contributed by atoms with van der Waals surface area (Å²) >= 11 is 0. The normalized spacial score (nSPS) is 18.5. The Bertz CT molecular complexity index is 496. The number of hydrogen-bond acceptors (Lipinski definition) is 3. The Morgan fingerprint density at radius 3 is 2.54 bits per heavy atom. The molecule has 4 heteroatoms. The summed E-state index contributed by atoms with van der Waals surface area (Å²) < 4.78 is 5.61. The third-order valence-corrected chi connectivity index (χ3v) is 5.06. The molecule has 132 valence electrons. The molecule has 0 aromatic heterocycles. The van der Waals surface area contributed by atoms with Crippen LogP contribution in [-0.4, -0.2) is 43.1 Å². The fourth-order valence-electron chi connectivity index (χ4n) is 3.60. The summed E-state index contributed by atoms with van der Waals surface area (Å²) in [5.74, 6) is 1.78. The van der Waals surface area contributed by atoms with Crippen molar-refractivity contribution >= 4 is 5.91 Å². The standard InChI is InChI=1S/C20H30N2O2/c23-20(21-13-14-24-19-9-5-2-6-10-19)16-22(18-11-12-18)15-17-7-3-1-4-8-17/h2,5-6,9-10,17-18H,1,3-4,7-8,11-16H2,(H,21,23). The number of nitrogens with zero attached hydrogens (tertiary/aromatic N) is 1. The van der Waals surface area contributed by atoms with Crippen molar-refractivity contribution in [2.75, 3.05) is 26.2 Å². The van der Waals surface area contributed by atoms with Gasteiger partial charge in [0.2, 0.25) is 5.91 Å². The molecule has 0 heterocycles. The lowest BCUT2D eigenvalue weighted by Gasteiger charge is -2.29. The topological polar surface area (TPSA) is 41.6 Å². The van der Waals surface area contributed by atoms with Crippen molar-refractivity contribution in [3.63, 3.8) is 0 Å². The van der Waals surface area contributed by atoms with E-state index in [2.05, 4.69) is 10.2 Å². The Morgan fingerprint density at radius 2 is 1.83 bits per heavy atom. The second kappa shape index (κ2) is 9.07. The summed E-state index contributed by atoms with van der Waals surface area (Å²) in [6.45, 7) is 2.74. The quantitative estimate of drug-likeness (QED) is 0.707. The van der Waals surface area contributed by atoms with Crippen molar-refractivity contribution in [1.82, 2.24) is 10.2 Å². The number of carbonyl (C=O) groups excluding carboxylic acids is 1. The van der Waals surface area contributed by atoms with Gasteiger partial charge in [-0.25, -0.2) is 0 Å². The number of ether oxygens (including phenoxy) is 1. The Balaban J connectivity index is 1.34. The minimum atomic E-state index is 0.134. The van der Waals surface area contributed by atoms with Crippen LogP contribution >= 0.6 is 0 Å². The van der Waals surface area contributed by atoms with E-state index in [1.165, 1.54) is 44.9 Å². The fourth-order valence-corrected chi connectivity index (χ4v) is 3.60. The third-order valence-electron chi connectivity index (χ3n) is 5.06. The van der Waals surface area contributed by atoms with Gasteiger partial charge in [-0.3, -0.25) is 9.69 Å². The lowest BCUT2D eigenvalue weighted by Crippen LogP contribution is -2.42. The van der Waals surface area contributed by atoms with Crippen LogP contribution in [0, 0.1) is 5.92 Å². The molecule has 2 aliphatic carbocycles. The molecule has 0 atom stereocenters. The monoisotopic (exact) mass is 330 g/mol. The number of amides is 1. The lowest BCUT2D eigenvalue weighted by atomic mass is 9.89. The highest BCUT2D eigenvalue weighted by Crippen LogP contribution is 2.31. The zero-order chi connectivity index (χ0) is 16.6. The molecule has 1 aromatic rings. The van der Waals surface area contributed by atoms with Gasteiger partial charge in [-0.2, -0.15) is 0 Å². The molecule has 2 saturated carbocycles. The number of hydrogen-bond donors (Lipinski definition) is 1. The van der Waals surface area contributed by atoms with Crippen LogP contribution in [0.15, 0.2) is 30.3 Å². The molecule has 2 fully saturated rings. The van der Waals surface area contributed by atoms with E-state index >= 15 is 0 Å². The van der Waals surface area contributed by atoms with E-state index in [4.69, 9.17) is 4.74 Å². The highest BCUT2D eigenvalue weighted by molar-refractivity contribution is 5.78. The third kappa shape index (κ3) is 5.82. The average molecular weight is 330 g/mol. The van der Waals surface area contributed by atoms with Crippen LogP contribution in [0.1, 0.15) is 44.9 Å². The molecule has 0 radical (unpaired) electrons. The van der Waals surface area contributed by atoms with Crippen LogP contribution in [0.3, 0.4) is 0 Å². The molecule has 24 heavy (non-hydrogen) atoms. The maximum Gasteiger partial charge on any atom is 0.234 e. The van der Waals surface area contributed by atoms with E-state index < -0.39 is 0 Å². The smallest absolute Gasteiger partial charge is 0.234 e. The zero-order valence-electron chi connectivity index (χ0n) is 14.6. The highest BCUT2D eigenvalue weighted by Gasteiger charge is 2.32. The second-order valence-electron chi connectivity index (χ2n) is 7.18. The van der Waals surface area contributed by atoms with Crippen molar-refractivity contribution in [2.45, 2.75) is 51.0 Å². The van der Waals surface area contributed by atoms with Gasteiger partial charge in [-0.1, -0.05) is 37.5 Å². The Hall–Kier alpha value is -1.55. The van der Waals surface area contributed by atoms with Crippen molar-refractivity contribution in [3.8, 4) is 5.75 Å². The first-order valence-corrected chi connectivity index (χ1v) is 9.50. The molecule has 0 saturated heterocycles. The lowest BCUT2D eigenvalue weighted by molar-refractivity contribution is -0.122. The molecular weight excluding hydrogens is 300 g/mol. The summed E-state index contributed by atoms with van der Waals surface area (Å²) in [5, 5.41) is 3.00. The van der Waals surface area contributed by atoms with Gasteiger partial charge in [0.05, 0.1) is 13.1 Å². The summed E-state index contributed by atoms with van der Waals surface area (Å²) in [7, 11) is 0. The molecule has 1 aromatic carbocycles. The first kappa shape index (κ1) is 17.3.